The number of sulfonamides is 1. The SMILES string of the molecule is CC(OC(=O)c1ccccc1NS(=O)(=O)c1ccc(F)cc1)C(=O)c1ccc(Br)cc1. The van der Waals surface area contributed by atoms with Crippen molar-refractivity contribution >= 4 is 43.4 Å². The summed E-state index contributed by atoms with van der Waals surface area (Å²) in [4.78, 5) is 25.0. The summed E-state index contributed by atoms with van der Waals surface area (Å²) in [6.07, 6.45) is -1.09. The van der Waals surface area contributed by atoms with Crippen molar-refractivity contribution in [2.75, 3.05) is 4.72 Å². The highest BCUT2D eigenvalue weighted by Gasteiger charge is 2.24. The molecular weight excluding hydrogens is 489 g/mol. The van der Waals surface area contributed by atoms with Gasteiger partial charge in [0.25, 0.3) is 10.0 Å². The lowest BCUT2D eigenvalue weighted by atomic mass is 10.1. The molecule has 0 aliphatic carbocycles. The summed E-state index contributed by atoms with van der Waals surface area (Å²) in [6.45, 7) is 1.44. The van der Waals surface area contributed by atoms with Gasteiger partial charge in [0.1, 0.15) is 5.82 Å². The molecule has 1 N–H and O–H groups in total. The molecule has 3 aromatic rings. The van der Waals surface area contributed by atoms with Crippen LogP contribution in [0.25, 0.3) is 0 Å². The number of hydrogen-bond acceptors (Lipinski definition) is 5. The van der Waals surface area contributed by atoms with Gasteiger partial charge in [0.05, 0.1) is 16.1 Å². The van der Waals surface area contributed by atoms with E-state index in [4.69, 9.17) is 4.74 Å². The van der Waals surface area contributed by atoms with Gasteiger partial charge in [-0.1, -0.05) is 40.2 Å². The monoisotopic (exact) mass is 505 g/mol. The van der Waals surface area contributed by atoms with E-state index in [1.54, 1.807) is 24.3 Å². The topological polar surface area (TPSA) is 89.5 Å². The Balaban J connectivity index is 1.79. The Morgan fingerprint density at radius 2 is 1.58 bits per heavy atom. The summed E-state index contributed by atoms with van der Waals surface area (Å²) < 4.78 is 46.6. The van der Waals surface area contributed by atoms with Crippen LogP contribution in [0, 0.1) is 5.82 Å². The molecule has 0 aromatic heterocycles. The first-order valence-electron chi connectivity index (χ1n) is 9.05. The number of anilines is 1. The molecule has 0 aliphatic rings. The van der Waals surface area contributed by atoms with E-state index in [9.17, 15) is 22.4 Å². The Morgan fingerprint density at radius 1 is 0.968 bits per heavy atom. The first-order valence-corrected chi connectivity index (χ1v) is 11.3. The molecule has 0 fully saturated rings. The predicted octanol–water partition coefficient (Wildman–Crippen LogP) is 4.82. The zero-order chi connectivity index (χ0) is 22.6. The summed E-state index contributed by atoms with van der Waals surface area (Å²) in [5, 5.41) is 0. The molecule has 0 bridgehead atoms. The predicted molar refractivity (Wildman–Crippen MR) is 117 cm³/mol. The quantitative estimate of drug-likeness (QED) is 0.367. The number of rotatable bonds is 7. The Kier molecular flexibility index (Phi) is 6.87. The minimum Gasteiger partial charge on any atom is -0.451 e. The van der Waals surface area contributed by atoms with Crippen LogP contribution in [-0.2, 0) is 14.8 Å². The lowest BCUT2D eigenvalue weighted by molar-refractivity contribution is 0.0320. The maximum absolute atomic E-state index is 13.1. The van der Waals surface area contributed by atoms with Crippen LogP contribution >= 0.6 is 15.9 Å². The lowest BCUT2D eigenvalue weighted by Crippen LogP contribution is -2.25. The number of ether oxygens (including phenoxy) is 1. The summed E-state index contributed by atoms with van der Waals surface area (Å²) in [6, 6.07) is 16.7. The van der Waals surface area contributed by atoms with Gasteiger partial charge in [-0.15, -0.1) is 0 Å². The number of ketones is 1. The molecule has 0 spiro atoms. The van der Waals surface area contributed by atoms with E-state index in [0.29, 0.717) is 5.56 Å². The third kappa shape index (κ3) is 5.56. The van der Waals surface area contributed by atoms with Gasteiger partial charge in [-0.2, -0.15) is 0 Å². The fraction of sp³-hybridized carbons (Fsp3) is 0.0909. The Labute approximate surface area is 187 Å². The number of esters is 1. The van der Waals surface area contributed by atoms with E-state index in [-0.39, 0.29) is 16.1 Å². The zero-order valence-electron chi connectivity index (χ0n) is 16.2. The highest BCUT2D eigenvalue weighted by atomic mass is 79.9. The molecule has 31 heavy (non-hydrogen) atoms. The van der Waals surface area contributed by atoms with Crippen molar-refractivity contribution in [3.63, 3.8) is 0 Å². The Morgan fingerprint density at radius 3 is 2.23 bits per heavy atom. The molecule has 6 nitrogen and oxygen atoms in total. The van der Waals surface area contributed by atoms with E-state index < -0.39 is 33.7 Å². The highest BCUT2D eigenvalue weighted by Crippen LogP contribution is 2.22. The molecule has 0 amide bonds. The number of halogens is 2. The maximum Gasteiger partial charge on any atom is 0.340 e. The molecule has 0 heterocycles. The van der Waals surface area contributed by atoms with Gasteiger partial charge < -0.3 is 4.74 Å². The number of Topliss-reactive ketones (excluding diaryl/α,β-unsaturated/α-hetero) is 1. The molecule has 1 atom stereocenters. The van der Waals surface area contributed by atoms with Crippen LogP contribution in [-0.4, -0.2) is 26.3 Å². The van der Waals surface area contributed by atoms with Gasteiger partial charge >= 0.3 is 5.97 Å². The van der Waals surface area contributed by atoms with Gasteiger partial charge in [0.2, 0.25) is 5.78 Å². The van der Waals surface area contributed by atoms with Crippen molar-refractivity contribution < 1.29 is 27.1 Å². The van der Waals surface area contributed by atoms with Crippen LogP contribution in [0.4, 0.5) is 10.1 Å². The van der Waals surface area contributed by atoms with Crippen LogP contribution in [0.5, 0.6) is 0 Å². The number of hydrogen-bond donors (Lipinski definition) is 1. The van der Waals surface area contributed by atoms with E-state index in [2.05, 4.69) is 20.7 Å². The second-order valence-corrected chi connectivity index (χ2v) is 9.12. The van der Waals surface area contributed by atoms with Crippen LogP contribution in [0.2, 0.25) is 0 Å². The summed E-state index contributed by atoms with van der Waals surface area (Å²) in [7, 11) is -4.07. The Hall–Kier alpha value is -3.04. The largest absolute Gasteiger partial charge is 0.451 e. The van der Waals surface area contributed by atoms with E-state index in [1.807, 2.05) is 0 Å². The number of para-hydroxylation sites is 1. The van der Waals surface area contributed by atoms with Crippen LogP contribution in [0.1, 0.15) is 27.6 Å². The minimum absolute atomic E-state index is 0.0277. The molecule has 0 saturated heterocycles. The van der Waals surface area contributed by atoms with Gasteiger partial charge in [0.15, 0.2) is 6.10 Å². The van der Waals surface area contributed by atoms with Crippen LogP contribution < -0.4 is 4.72 Å². The highest BCUT2D eigenvalue weighted by molar-refractivity contribution is 9.10. The molecule has 1 unspecified atom stereocenters. The fourth-order valence-corrected chi connectivity index (χ4v) is 4.04. The molecule has 0 aliphatic heterocycles. The van der Waals surface area contributed by atoms with Crippen molar-refractivity contribution in [2.45, 2.75) is 17.9 Å². The second-order valence-electron chi connectivity index (χ2n) is 6.52. The van der Waals surface area contributed by atoms with Crippen molar-refractivity contribution in [1.82, 2.24) is 0 Å². The minimum atomic E-state index is -4.07. The van der Waals surface area contributed by atoms with Crippen molar-refractivity contribution in [3.8, 4) is 0 Å². The summed E-state index contributed by atoms with van der Waals surface area (Å²) in [5.41, 5.74) is 0.276. The second kappa shape index (κ2) is 9.40. The van der Waals surface area contributed by atoms with Crippen molar-refractivity contribution in [2.24, 2.45) is 0 Å². The van der Waals surface area contributed by atoms with Gasteiger partial charge in [0, 0.05) is 10.0 Å². The maximum atomic E-state index is 13.1. The lowest BCUT2D eigenvalue weighted by Gasteiger charge is -2.15. The van der Waals surface area contributed by atoms with Gasteiger partial charge in [-0.3, -0.25) is 9.52 Å². The molecule has 3 aromatic carbocycles. The van der Waals surface area contributed by atoms with Gasteiger partial charge in [-0.05, 0) is 55.5 Å². The van der Waals surface area contributed by atoms with Crippen molar-refractivity contribution in [3.05, 3.63) is 94.2 Å². The smallest absolute Gasteiger partial charge is 0.340 e. The molecule has 0 radical (unpaired) electrons. The zero-order valence-corrected chi connectivity index (χ0v) is 18.6. The number of carbonyl (C=O) groups is 2. The molecule has 3 rings (SSSR count). The van der Waals surface area contributed by atoms with Crippen LogP contribution in [0.3, 0.4) is 0 Å². The van der Waals surface area contributed by atoms with Gasteiger partial charge in [-0.25, -0.2) is 17.6 Å². The first kappa shape index (κ1) is 22.6. The number of benzene rings is 3. The normalized spacial score (nSPS) is 12.1. The number of nitrogens with one attached hydrogen (secondary N) is 1. The fourth-order valence-electron chi connectivity index (χ4n) is 2.69. The van der Waals surface area contributed by atoms with Crippen LogP contribution in [0.15, 0.2) is 82.2 Å². The summed E-state index contributed by atoms with van der Waals surface area (Å²) >= 11 is 3.28. The molecule has 9 heteroatoms. The molecule has 160 valence electrons. The average molecular weight is 506 g/mol. The van der Waals surface area contributed by atoms with E-state index in [1.165, 1.54) is 31.2 Å². The van der Waals surface area contributed by atoms with Crippen molar-refractivity contribution in [1.29, 1.82) is 0 Å². The number of carbonyl (C=O) groups excluding carboxylic acids is 2. The standard InChI is InChI=1S/C22H17BrFNO5S/c1-14(21(26)15-6-8-16(23)9-7-15)30-22(27)19-4-2-3-5-20(19)25-31(28,29)18-12-10-17(24)11-13-18/h2-14,25H,1H3. The Bertz CT molecular complexity index is 1210. The first-order chi connectivity index (χ1) is 14.7. The third-order valence-electron chi connectivity index (χ3n) is 4.30. The molecule has 0 saturated carbocycles. The molecular formula is C22H17BrFNO5S. The van der Waals surface area contributed by atoms with E-state index >= 15 is 0 Å². The average Bonchev–Trinajstić information content (AvgIpc) is 2.74. The van der Waals surface area contributed by atoms with E-state index in [0.717, 1.165) is 28.7 Å². The third-order valence-corrected chi connectivity index (χ3v) is 6.21. The summed E-state index contributed by atoms with van der Waals surface area (Å²) in [5.74, 6) is -1.84.